The van der Waals surface area contributed by atoms with E-state index in [1.54, 1.807) is 6.92 Å². The predicted molar refractivity (Wildman–Crippen MR) is 57.8 cm³/mol. The summed E-state index contributed by atoms with van der Waals surface area (Å²) in [5.41, 5.74) is 0.0820. The number of hydrogen-bond donors (Lipinski definition) is 1. The minimum Gasteiger partial charge on any atom is -0.464 e. The molecule has 0 radical (unpaired) electrons. The second-order valence-electron chi connectivity index (χ2n) is 3.69. The Kier molecular flexibility index (Phi) is 4.72. The lowest BCUT2D eigenvalue weighted by atomic mass is 10.0. The Bertz CT molecular complexity index is 415. The van der Waals surface area contributed by atoms with Crippen molar-refractivity contribution in [2.24, 2.45) is 0 Å². The van der Waals surface area contributed by atoms with Crippen LogP contribution in [0.3, 0.4) is 0 Å². The Labute approximate surface area is 102 Å². The fourth-order valence-corrected chi connectivity index (χ4v) is 1.46. The summed E-state index contributed by atoms with van der Waals surface area (Å²) in [5.74, 6) is -0.873. The third kappa shape index (κ3) is 4.37. The van der Waals surface area contributed by atoms with Crippen molar-refractivity contribution >= 4 is 5.97 Å². The van der Waals surface area contributed by atoms with Gasteiger partial charge in [-0.1, -0.05) is 24.3 Å². The first kappa shape index (κ1) is 14.5. The van der Waals surface area contributed by atoms with Crippen molar-refractivity contribution in [2.45, 2.75) is 25.6 Å². The Hall–Kier alpha value is -1.56. The highest BCUT2D eigenvalue weighted by Crippen LogP contribution is 2.23. The SMILES string of the molecule is CCOC(=O)C(O)c1cccc(CC(F)(F)F)c1. The van der Waals surface area contributed by atoms with Crippen LogP contribution < -0.4 is 0 Å². The molecule has 3 nitrogen and oxygen atoms in total. The molecule has 0 aromatic heterocycles. The number of esters is 1. The van der Waals surface area contributed by atoms with Gasteiger partial charge in [-0.15, -0.1) is 0 Å². The monoisotopic (exact) mass is 262 g/mol. The molecule has 6 heteroatoms. The van der Waals surface area contributed by atoms with Gasteiger partial charge in [-0.2, -0.15) is 13.2 Å². The molecule has 0 saturated carbocycles. The Balaban J connectivity index is 2.84. The van der Waals surface area contributed by atoms with Crippen LogP contribution in [0.4, 0.5) is 13.2 Å². The molecule has 1 N–H and O–H groups in total. The fraction of sp³-hybridized carbons (Fsp3) is 0.417. The van der Waals surface area contributed by atoms with Crippen LogP contribution in [0.5, 0.6) is 0 Å². The van der Waals surface area contributed by atoms with Gasteiger partial charge in [0, 0.05) is 0 Å². The molecule has 0 fully saturated rings. The zero-order valence-corrected chi connectivity index (χ0v) is 9.70. The van der Waals surface area contributed by atoms with Gasteiger partial charge in [0.15, 0.2) is 6.10 Å². The molecule has 0 aliphatic carbocycles. The van der Waals surface area contributed by atoms with Crippen molar-refractivity contribution in [1.82, 2.24) is 0 Å². The highest BCUT2D eigenvalue weighted by molar-refractivity contribution is 5.76. The molecule has 1 atom stereocenters. The molecule has 0 saturated heterocycles. The standard InChI is InChI=1S/C12H13F3O3/c1-2-18-11(17)10(16)9-5-3-4-8(6-9)7-12(13,14)15/h3-6,10,16H,2,7H2,1H3. The van der Waals surface area contributed by atoms with Gasteiger partial charge in [-0.05, 0) is 18.1 Å². The number of halogens is 3. The molecule has 1 aromatic carbocycles. The number of aliphatic hydroxyl groups is 1. The minimum absolute atomic E-state index is 0.0108. The number of hydrogen-bond acceptors (Lipinski definition) is 3. The van der Waals surface area contributed by atoms with Gasteiger partial charge in [0.05, 0.1) is 13.0 Å². The molecule has 1 rings (SSSR count). The first-order valence-electron chi connectivity index (χ1n) is 5.34. The van der Waals surface area contributed by atoms with Crippen LogP contribution in [0.2, 0.25) is 0 Å². The van der Waals surface area contributed by atoms with E-state index in [1.807, 2.05) is 0 Å². The van der Waals surface area contributed by atoms with E-state index in [9.17, 15) is 23.1 Å². The second-order valence-corrected chi connectivity index (χ2v) is 3.69. The van der Waals surface area contributed by atoms with Crippen molar-refractivity contribution in [3.8, 4) is 0 Å². The zero-order chi connectivity index (χ0) is 13.8. The quantitative estimate of drug-likeness (QED) is 0.847. The smallest absolute Gasteiger partial charge is 0.393 e. The molecule has 0 bridgehead atoms. The highest BCUT2D eigenvalue weighted by Gasteiger charge is 2.28. The van der Waals surface area contributed by atoms with E-state index in [2.05, 4.69) is 4.74 Å². The van der Waals surface area contributed by atoms with E-state index in [1.165, 1.54) is 18.2 Å². The number of ether oxygens (including phenoxy) is 1. The molecular formula is C12H13F3O3. The number of rotatable bonds is 4. The molecular weight excluding hydrogens is 249 g/mol. The predicted octanol–water partition coefficient (Wildman–Crippen LogP) is 2.39. The number of alkyl halides is 3. The maximum atomic E-state index is 12.2. The van der Waals surface area contributed by atoms with E-state index < -0.39 is 24.7 Å². The normalized spacial score (nSPS) is 13.2. The van der Waals surface area contributed by atoms with E-state index in [0.717, 1.165) is 6.07 Å². The minimum atomic E-state index is -4.33. The maximum Gasteiger partial charge on any atom is 0.393 e. The summed E-state index contributed by atoms with van der Waals surface area (Å²) in [5, 5.41) is 9.59. The van der Waals surface area contributed by atoms with Crippen LogP contribution in [-0.2, 0) is 16.0 Å². The summed E-state index contributed by atoms with van der Waals surface area (Å²) in [6.45, 7) is 1.67. The summed E-state index contributed by atoms with van der Waals surface area (Å²) < 4.78 is 41.2. The fourth-order valence-electron chi connectivity index (χ4n) is 1.46. The Morgan fingerprint density at radius 2 is 2.11 bits per heavy atom. The van der Waals surface area contributed by atoms with E-state index in [4.69, 9.17) is 0 Å². The Morgan fingerprint density at radius 1 is 1.44 bits per heavy atom. The summed E-state index contributed by atoms with van der Waals surface area (Å²) in [4.78, 5) is 11.2. The first-order chi connectivity index (χ1) is 8.33. The number of benzene rings is 1. The van der Waals surface area contributed by atoms with Crippen LogP contribution in [0.1, 0.15) is 24.2 Å². The lowest BCUT2D eigenvalue weighted by Crippen LogP contribution is -2.16. The average molecular weight is 262 g/mol. The van der Waals surface area contributed by atoms with Gasteiger partial charge >= 0.3 is 12.1 Å². The lowest BCUT2D eigenvalue weighted by molar-refractivity contribution is -0.153. The van der Waals surface area contributed by atoms with Crippen LogP contribution in [0, 0.1) is 0 Å². The van der Waals surface area contributed by atoms with Gasteiger partial charge < -0.3 is 9.84 Å². The molecule has 0 heterocycles. The molecule has 100 valence electrons. The molecule has 0 spiro atoms. The van der Waals surface area contributed by atoms with E-state index in [0.29, 0.717) is 0 Å². The highest BCUT2D eigenvalue weighted by atomic mass is 19.4. The van der Waals surface area contributed by atoms with Gasteiger partial charge in [0.1, 0.15) is 0 Å². The summed E-state index contributed by atoms with van der Waals surface area (Å²) in [6, 6.07) is 5.17. The largest absolute Gasteiger partial charge is 0.464 e. The van der Waals surface area contributed by atoms with Crippen LogP contribution in [0.15, 0.2) is 24.3 Å². The van der Waals surface area contributed by atoms with Gasteiger partial charge in [-0.25, -0.2) is 4.79 Å². The van der Waals surface area contributed by atoms with Crippen LogP contribution in [0.25, 0.3) is 0 Å². The van der Waals surface area contributed by atoms with E-state index in [-0.39, 0.29) is 17.7 Å². The average Bonchev–Trinajstić information content (AvgIpc) is 2.26. The topological polar surface area (TPSA) is 46.5 Å². The van der Waals surface area contributed by atoms with Crippen molar-refractivity contribution < 1.29 is 27.8 Å². The number of carbonyl (C=O) groups excluding carboxylic acids is 1. The Morgan fingerprint density at radius 3 is 2.67 bits per heavy atom. The number of carbonyl (C=O) groups is 1. The number of aliphatic hydroxyl groups excluding tert-OH is 1. The second kappa shape index (κ2) is 5.86. The molecule has 18 heavy (non-hydrogen) atoms. The molecule has 0 aliphatic rings. The summed E-state index contributed by atoms with van der Waals surface area (Å²) in [6.07, 6.45) is -6.98. The van der Waals surface area contributed by atoms with Gasteiger partial charge in [-0.3, -0.25) is 0 Å². The van der Waals surface area contributed by atoms with E-state index >= 15 is 0 Å². The van der Waals surface area contributed by atoms with Gasteiger partial charge in [0.2, 0.25) is 0 Å². The van der Waals surface area contributed by atoms with Gasteiger partial charge in [0.25, 0.3) is 0 Å². The third-order valence-electron chi connectivity index (χ3n) is 2.18. The van der Waals surface area contributed by atoms with Crippen molar-refractivity contribution in [2.75, 3.05) is 6.61 Å². The van der Waals surface area contributed by atoms with Crippen LogP contribution in [-0.4, -0.2) is 23.9 Å². The van der Waals surface area contributed by atoms with Crippen LogP contribution >= 0.6 is 0 Å². The lowest BCUT2D eigenvalue weighted by Gasteiger charge is -2.12. The molecule has 1 aromatic rings. The van der Waals surface area contributed by atoms with Crippen molar-refractivity contribution in [1.29, 1.82) is 0 Å². The van der Waals surface area contributed by atoms with Crippen molar-refractivity contribution in [3.63, 3.8) is 0 Å². The maximum absolute atomic E-state index is 12.2. The first-order valence-corrected chi connectivity index (χ1v) is 5.34. The molecule has 1 unspecified atom stereocenters. The van der Waals surface area contributed by atoms with Crippen molar-refractivity contribution in [3.05, 3.63) is 35.4 Å². The summed E-state index contributed by atoms with van der Waals surface area (Å²) in [7, 11) is 0. The zero-order valence-electron chi connectivity index (χ0n) is 9.70. The third-order valence-corrected chi connectivity index (χ3v) is 2.18. The molecule has 0 aliphatic heterocycles. The molecule has 0 amide bonds. The summed E-state index contributed by atoms with van der Waals surface area (Å²) >= 11 is 0.